The fourth-order valence-corrected chi connectivity index (χ4v) is 1.68. The molecule has 3 nitrogen and oxygen atoms in total. The maximum absolute atomic E-state index is 11.8. The van der Waals surface area contributed by atoms with Gasteiger partial charge in [-0.1, -0.05) is 23.7 Å². The van der Waals surface area contributed by atoms with Crippen molar-refractivity contribution in [3.63, 3.8) is 0 Å². The minimum absolute atomic E-state index is 0.136. The van der Waals surface area contributed by atoms with E-state index >= 15 is 0 Å². The van der Waals surface area contributed by atoms with Crippen molar-refractivity contribution < 1.29 is 9.53 Å². The van der Waals surface area contributed by atoms with Crippen LogP contribution in [-0.4, -0.2) is 19.0 Å². The molecule has 0 fully saturated rings. The van der Waals surface area contributed by atoms with Crippen molar-refractivity contribution in [1.82, 2.24) is 0 Å². The Morgan fingerprint density at radius 2 is 2.35 bits per heavy atom. The van der Waals surface area contributed by atoms with Crippen molar-refractivity contribution >= 4 is 17.4 Å². The van der Waals surface area contributed by atoms with E-state index in [4.69, 9.17) is 21.6 Å². The van der Waals surface area contributed by atoms with Gasteiger partial charge >= 0.3 is 0 Å². The third-order valence-corrected chi connectivity index (χ3v) is 2.57. The predicted octanol–water partition coefficient (Wildman–Crippen LogP) is 2.94. The predicted molar refractivity (Wildman–Crippen MR) is 65.9 cm³/mol. The lowest BCUT2D eigenvalue weighted by Gasteiger charge is -2.08. The van der Waals surface area contributed by atoms with Gasteiger partial charge < -0.3 is 4.74 Å². The van der Waals surface area contributed by atoms with Crippen LogP contribution in [0.4, 0.5) is 0 Å². The molecule has 0 aliphatic carbocycles. The average molecular weight is 252 g/mol. The summed E-state index contributed by atoms with van der Waals surface area (Å²) in [6.45, 7) is 2.79. The van der Waals surface area contributed by atoms with E-state index in [9.17, 15) is 4.79 Å². The Balaban J connectivity index is 2.72. The Bertz CT molecular complexity index is 426. The number of nitrogens with zero attached hydrogens (tertiary/aromatic N) is 1. The summed E-state index contributed by atoms with van der Waals surface area (Å²) in [6, 6.07) is 8.84. The summed E-state index contributed by atoms with van der Waals surface area (Å²) in [4.78, 5) is 11.8. The molecule has 0 amide bonds. The highest BCUT2D eigenvalue weighted by atomic mass is 35.5. The van der Waals surface area contributed by atoms with Crippen LogP contribution in [0.25, 0.3) is 0 Å². The van der Waals surface area contributed by atoms with Gasteiger partial charge in [-0.15, -0.1) is 0 Å². The fourth-order valence-electron chi connectivity index (χ4n) is 1.48. The van der Waals surface area contributed by atoms with Crippen LogP contribution >= 0.6 is 11.6 Å². The third-order valence-electron chi connectivity index (χ3n) is 2.33. The second kappa shape index (κ2) is 7.05. The summed E-state index contributed by atoms with van der Waals surface area (Å²) < 4.78 is 5.10. The first-order chi connectivity index (χ1) is 8.19. The summed E-state index contributed by atoms with van der Waals surface area (Å²) in [7, 11) is 0. The van der Waals surface area contributed by atoms with Gasteiger partial charge in [0.1, 0.15) is 5.92 Å². The normalized spacial score (nSPS) is 11.8. The zero-order chi connectivity index (χ0) is 12.7. The van der Waals surface area contributed by atoms with Crippen LogP contribution in [0.1, 0.15) is 24.8 Å². The number of carbonyl (C=O) groups excluding carboxylic acids is 1. The highest BCUT2D eigenvalue weighted by Gasteiger charge is 2.19. The molecule has 0 heterocycles. The second-order valence-corrected chi connectivity index (χ2v) is 3.97. The first-order valence-corrected chi connectivity index (χ1v) is 5.82. The lowest BCUT2D eigenvalue weighted by molar-refractivity contribution is -0.120. The van der Waals surface area contributed by atoms with Crippen LogP contribution in [0.3, 0.4) is 0 Å². The summed E-state index contributed by atoms with van der Waals surface area (Å²) in [5.41, 5.74) is 0.640. The SMILES string of the molecule is CCOCCC(=O)C(C#N)c1cccc(Cl)c1. The molecule has 4 heteroatoms. The molecule has 0 N–H and O–H groups in total. The van der Waals surface area contributed by atoms with Gasteiger partial charge in [0.2, 0.25) is 0 Å². The van der Waals surface area contributed by atoms with Crippen molar-refractivity contribution in [2.75, 3.05) is 13.2 Å². The average Bonchev–Trinajstić information content (AvgIpc) is 2.30. The second-order valence-electron chi connectivity index (χ2n) is 3.53. The molecule has 0 aliphatic rings. The summed E-state index contributed by atoms with van der Waals surface area (Å²) in [5, 5.41) is 9.57. The monoisotopic (exact) mass is 251 g/mol. The van der Waals surface area contributed by atoms with E-state index in [0.717, 1.165) is 0 Å². The largest absolute Gasteiger partial charge is 0.381 e. The van der Waals surface area contributed by atoms with E-state index in [-0.39, 0.29) is 12.2 Å². The van der Waals surface area contributed by atoms with Gasteiger partial charge in [0, 0.05) is 18.1 Å². The Kier molecular flexibility index (Phi) is 5.68. The van der Waals surface area contributed by atoms with Gasteiger partial charge in [0.05, 0.1) is 12.7 Å². The van der Waals surface area contributed by atoms with Crippen molar-refractivity contribution in [2.24, 2.45) is 0 Å². The highest BCUT2D eigenvalue weighted by molar-refractivity contribution is 6.30. The Morgan fingerprint density at radius 1 is 1.59 bits per heavy atom. The van der Waals surface area contributed by atoms with Crippen molar-refractivity contribution in [3.8, 4) is 6.07 Å². The lowest BCUT2D eigenvalue weighted by atomic mass is 9.95. The van der Waals surface area contributed by atoms with E-state index < -0.39 is 5.92 Å². The molecular weight excluding hydrogens is 238 g/mol. The number of Topliss-reactive ketones (excluding diaryl/α,β-unsaturated/α-hetero) is 1. The van der Waals surface area contributed by atoms with Crippen LogP contribution in [0.5, 0.6) is 0 Å². The minimum atomic E-state index is -0.755. The zero-order valence-corrected chi connectivity index (χ0v) is 10.4. The van der Waals surface area contributed by atoms with Gasteiger partial charge in [-0.05, 0) is 24.6 Å². The van der Waals surface area contributed by atoms with E-state index in [0.29, 0.717) is 23.8 Å². The number of nitriles is 1. The number of ether oxygens (including phenoxy) is 1. The molecule has 0 spiro atoms. The number of benzene rings is 1. The number of halogens is 1. The first kappa shape index (κ1) is 13.7. The summed E-state index contributed by atoms with van der Waals surface area (Å²) in [5.74, 6) is -0.891. The molecule has 1 aromatic rings. The molecule has 0 bridgehead atoms. The minimum Gasteiger partial charge on any atom is -0.381 e. The van der Waals surface area contributed by atoms with Crippen molar-refractivity contribution in [2.45, 2.75) is 19.3 Å². The molecule has 90 valence electrons. The van der Waals surface area contributed by atoms with Gasteiger partial charge in [-0.3, -0.25) is 4.79 Å². The summed E-state index contributed by atoms with van der Waals surface area (Å²) in [6.07, 6.45) is 0.249. The molecular formula is C13H14ClNO2. The van der Waals surface area contributed by atoms with Crippen LogP contribution in [0, 0.1) is 11.3 Å². The number of hydrogen-bond donors (Lipinski definition) is 0. The Morgan fingerprint density at radius 3 is 2.94 bits per heavy atom. The third kappa shape index (κ3) is 4.18. The molecule has 0 radical (unpaired) electrons. The standard InChI is InChI=1S/C13H14ClNO2/c1-2-17-7-6-13(16)12(9-15)10-4-3-5-11(14)8-10/h3-5,8,12H,2,6-7H2,1H3. The molecule has 0 saturated heterocycles. The van der Waals surface area contributed by atoms with Crippen LogP contribution in [0.15, 0.2) is 24.3 Å². The van der Waals surface area contributed by atoms with E-state index in [1.54, 1.807) is 24.3 Å². The number of carbonyl (C=O) groups is 1. The van der Waals surface area contributed by atoms with Gasteiger partial charge in [0.25, 0.3) is 0 Å². The molecule has 1 aromatic carbocycles. The molecule has 0 aliphatic heterocycles. The van der Waals surface area contributed by atoms with Crippen LogP contribution < -0.4 is 0 Å². The highest BCUT2D eigenvalue weighted by Crippen LogP contribution is 2.21. The maximum Gasteiger partial charge on any atom is 0.156 e. The molecule has 1 unspecified atom stereocenters. The van der Waals surface area contributed by atoms with Gasteiger partial charge in [-0.2, -0.15) is 5.26 Å². The Labute approximate surface area is 106 Å². The van der Waals surface area contributed by atoms with E-state index in [1.807, 2.05) is 13.0 Å². The molecule has 0 aromatic heterocycles. The maximum atomic E-state index is 11.8. The quantitative estimate of drug-likeness (QED) is 0.731. The topological polar surface area (TPSA) is 50.1 Å². The Hall–Kier alpha value is -1.37. The van der Waals surface area contributed by atoms with Crippen LogP contribution in [-0.2, 0) is 9.53 Å². The fraction of sp³-hybridized carbons (Fsp3) is 0.385. The number of hydrogen-bond acceptors (Lipinski definition) is 3. The smallest absolute Gasteiger partial charge is 0.156 e. The lowest BCUT2D eigenvalue weighted by Crippen LogP contribution is -2.13. The van der Waals surface area contributed by atoms with Crippen molar-refractivity contribution in [3.05, 3.63) is 34.9 Å². The molecule has 17 heavy (non-hydrogen) atoms. The van der Waals surface area contributed by atoms with Gasteiger partial charge in [0.15, 0.2) is 5.78 Å². The van der Waals surface area contributed by atoms with E-state index in [1.165, 1.54) is 0 Å². The zero-order valence-electron chi connectivity index (χ0n) is 9.65. The van der Waals surface area contributed by atoms with Crippen LogP contribution in [0.2, 0.25) is 5.02 Å². The van der Waals surface area contributed by atoms with Crippen molar-refractivity contribution in [1.29, 1.82) is 5.26 Å². The molecule has 1 atom stereocenters. The first-order valence-electron chi connectivity index (χ1n) is 5.44. The molecule has 0 saturated carbocycles. The summed E-state index contributed by atoms with van der Waals surface area (Å²) >= 11 is 5.83. The molecule has 1 rings (SSSR count). The van der Waals surface area contributed by atoms with E-state index in [2.05, 4.69) is 0 Å². The number of rotatable bonds is 6. The van der Waals surface area contributed by atoms with Gasteiger partial charge in [-0.25, -0.2) is 0 Å². The number of ketones is 1.